The molecule has 0 radical (unpaired) electrons. The third-order valence-corrected chi connectivity index (χ3v) is 5.33. The maximum atomic E-state index is 11.4. The fourth-order valence-electron chi connectivity index (χ4n) is 3.36. The Balaban J connectivity index is 1.57. The van der Waals surface area contributed by atoms with Gasteiger partial charge in [0.05, 0.1) is 18.1 Å². The molecule has 2 aromatic rings. The third kappa shape index (κ3) is 5.04. The van der Waals surface area contributed by atoms with Crippen LogP contribution in [0, 0.1) is 0 Å². The van der Waals surface area contributed by atoms with Crippen LogP contribution >= 0.6 is 0 Å². The Morgan fingerprint density at radius 3 is 2.62 bits per heavy atom. The third-order valence-electron chi connectivity index (χ3n) is 4.72. The van der Waals surface area contributed by atoms with E-state index in [0.717, 1.165) is 38.2 Å². The highest BCUT2D eigenvalue weighted by Gasteiger charge is 2.22. The molecule has 8 heteroatoms. The second kappa shape index (κ2) is 7.75. The first-order valence-corrected chi connectivity index (χ1v) is 10.9. The highest BCUT2D eigenvalue weighted by atomic mass is 32.2. The topological polar surface area (TPSA) is 80.1 Å². The summed E-state index contributed by atoms with van der Waals surface area (Å²) < 4.78 is 27.3. The van der Waals surface area contributed by atoms with Crippen LogP contribution in [-0.4, -0.2) is 47.7 Å². The second-order valence-electron chi connectivity index (χ2n) is 7.33. The first-order chi connectivity index (χ1) is 12.3. The van der Waals surface area contributed by atoms with Gasteiger partial charge >= 0.3 is 0 Å². The van der Waals surface area contributed by atoms with Crippen LogP contribution in [0.25, 0.3) is 0 Å². The van der Waals surface area contributed by atoms with E-state index in [4.69, 9.17) is 0 Å². The summed E-state index contributed by atoms with van der Waals surface area (Å²) in [4.78, 5) is 2.41. The van der Waals surface area contributed by atoms with Crippen LogP contribution in [0.1, 0.15) is 49.9 Å². The molecule has 1 aromatic heterocycles. The molecule has 2 heterocycles. The van der Waals surface area contributed by atoms with Gasteiger partial charge in [-0.1, -0.05) is 17.3 Å². The molecular formula is C18H27N5O2S. The smallest absolute Gasteiger partial charge is 0.229 e. The summed E-state index contributed by atoms with van der Waals surface area (Å²) in [5, 5.41) is 8.43. The van der Waals surface area contributed by atoms with Crippen molar-refractivity contribution in [3.8, 4) is 0 Å². The van der Waals surface area contributed by atoms with E-state index in [-0.39, 0.29) is 0 Å². The van der Waals surface area contributed by atoms with Gasteiger partial charge in [-0.3, -0.25) is 9.62 Å². The lowest BCUT2D eigenvalue weighted by atomic mass is 9.89. The van der Waals surface area contributed by atoms with Gasteiger partial charge in [-0.2, -0.15) is 0 Å². The van der Waals surface area contributed by atoms with Gasteiger partial charge in [0.1, 0.15) is 0 Å². The Morgan fingerprint density at radius 1 is 1.27 bits per heavy atom. The quantitative estimate of drug-likeness (QED) is 0.837. The molecule has 0 unspecified atom stereocenters. The zero-order valence-corrected chi connectivity index (χ0v) is 16.4. The molecule has 1 aliphatic rings. The summed E-state index contributed by atoms with van der Waals surface area (Å²) >= 11 is 0. The second-order valence-corrected chi connectivity index (χ2v) is 9.08. The molecule has 7 nitrogen and oxygen atoms in total. The van der Waals surface area contributed by atoms with Crippen molar-refractivity contribution in [2.45, 2.75) is 45.2 Å². The van der Waals surface area contributed by atoms with Crippen molar-refractivity contribution in [1.29, 1.82) is 0 Å². The summed E-state index contributed by atoms with van der Waals surface area (Å²) in [5.41, 5.74) is 2.85. The fraction of sp³-hybridized carbons (Fsp3) is 0.556. The van der Waals surface area contributed by atoms with Crippen LogP contribution in [0.2, 0.25) is 0 Å². The van der Waals surface area contributed by atoms with Gasteiger partial charge in [-0.05, 0) is 63.4 Å². The van der Waals surface area contributed by atoms with Crippen molar-refractivity contribution in [3.63, 3.8) is 0 Å². The standard InChI is InChI=1S/C18H27N5O2S/c1-14(2)23-13-18(19-21-23)12-22-9-7-15(8-10-22)16-5-4-6-17(11-16)20-26(3,24)25/h4-6,11,13-15,20H,7-10,12H2,1-3H3. The van der Waals surface area contributed by atoms with Gasteiger partial charge in [0.2, 0.25) is 10.0 Å². The number of hydrogen-bond donors (Lipinski definition) is 1. The number of benzene rings is 1. The van der Waals surface area contributed by atoms with Crippen molar-refractivity contribution in [3.05, 3.63) is 41.7 Å². The average molecular weight is 378 g/mol. The summed E-state index contributed by atoms with van der Waals surface area (Å²) in [6.45, 7) is 7.02. The molecule has 0 saturated carbocycles. The van der Waals surface area contributed by atoms with Gasteiger partial charge in [0.25, 0.3) is 0 Å². The Kier molecular flexibility index (Phi) is 5.62. The van der Waals surface area contributed by atoms with Gasteiger partial charge in [0, 0.05) is 18.3 Å². The molecule has 0 aliphatic carbocycles. The van der Waals surface area contributed by atoms with Crippen LogP contribution in [0.4, 0.5) is 5.69 Å². The lowest BCUT2D eigenvalue weighted by Gasteiger charge is -2.31. The number of rotatable bonds is 6. The molecular weight excluding hydrogens is 350 g/mol. The van der Waals surface area contributed by atoms with Crippen molar-refractivity contribution in [1.82, 2.24) is 19.9 Å². The Bertz CT molecular complexity index is 839. The van der Waals surface area contributed by atoms with Gasteiger partial charge in [0.15, 0.2) is 0 Å². The molecule has 3 rings (SSSR count). The van der Waals surface area contributed by atoms with E-state index in [1.165, 1.54) is 11.8 Å². The highest BCUT2D eigenvalue weighted by molar-refractivity contribution is 7.92. The van der Waals surface area contributed by atoms with Crippen LogP contribution < -0.4 is 4.72 Å². The summed E-state index contributed by atoms with van der Waals surface area (Å²) in [6, 6.07) is 8.07. The monoisotopic (exact) mass is 377 g/mol. The molecule has 1 aromatic carbocycles. The SMILES string of the molecule is CC(C)n1cc(CN2CCC(c3cccc(NS(C)(=O)=O)c3)CC2)nn1. The Morgan fingerprint density at radius 2 is 2.00 bits per heavy atom. The van der Waals surface area contributed by atoms with Crippen LogP contribution in [0.15, 0.2) is 30.5 Å². The number of piperidine rings is 1. The highest BCUT2D eigenvalue weighted by Crippen LogP contribution is 2.30. The molecule has 1 aliphatic heterocycles. The van der Waals surface area contributed by atoms with Crippen molar-refractivity contribution < 1.29 is 8.42 Å². The molecule has 0 amide bonds. The molecule has 1 fully saturated rings. The molecule has 142 valence electrons. The van der Waals surface area contributed by atoms with E-state index >= 15 is 0 Å². The number of likely N-dealkylation sites (tertiary alicyclic amines) is 1. The molecule has 0 bridgehead atoms. The first kappa shape index (κ1) is 18.8. The molecule has 1 N–H and O–H groups in total. The minimum absolute atomic E-state index is 0.329. The van der Waals surface area contributed by atoms with E-state index < -0.39 is 10.0 Å². The normalized spacial score (nSPS) is 16.9. The van der Waals surface area contributed by atoms with E-state index in [1.54, 1.807) is 6.07 Å². The number of hydrogen-bond acceptors (Lipinski definition) is 5. The van der Waals surface area contributed by atoms with Crippen molar-refractivity contribution in [2.75, 3.05) is 24.1 Å². The van der Waals surface area contributed by atoms with E-state index in [2.05, 4.69) is 39.8 Å². The molecule has 0 atom stereocenters. The summed E-state index contributed by atoms with van der Waals surface area (Å²) in [5.74, 6) is 0.457. The summed E-state index contributed by atoms with van der Waals surface area (Å²) in [6.07, 6.45) is 5.31. The van der Waals surface area contributed by atoms with Crippen LogP contribution in [0.5, 0.6) is 0 Å². The van der Waals surface area contributed by atoms with Gasteiger partial charge in [-0.25, -0.2) is 13.1 Å². The van der Waals surface area contributed by atoms with E-state index in [9.17, 15) is 8.42 Å². The van der Waals surface area contributed by atoms with Crippen LogP contribution in [0.3, 0.4) is 0 Å². The molecule has 0 spiro atoms. The predicted octanol–water partition coefficient (Wildman–Crippen LogP) is 2.61. The van der Waals surface area contributed by atoms with Crippen molar-refractivity contribution in [2.24, 2.45) is 0 Å². The number of sulfonamides is 1. The van der Waals surface area contributed by atoms with Gasteiger partial charge < -0.3 is 0 Å². The molecule has 26 heavy (non-hydrogen) atoms. The van der Waals surface area contributed by atoms with E-state index in [1.807, 2.05) is 23.0 Å². The number of aromatic nitrogens is 3. The van der Waals surface area contributed by atoms with E-state index in [0.29, 0.717) is 17.6 Å². The fourth-order valence-corrected chi connectivity index (χ4v) is 3.92. The number of nitrogens with one attached hydrogen (secondary N) is 1. The zero-order chi connectivity index (χ0) is 18.7. The van der Waals surface area contributed by atoms with Gasteiger partial charge in [-0.15, -0.1) is 5.10 Å². The average Bonchev–Trinajstić information content (AvgIpc) is 3.03. The predicted molar refractivity (Wildman–Crippen MR) is 103 cm³/mol. The lowest BCUT2D eigenvalue weighted by molar-refractivity contribution is 0.202. The minimum atomic E-state index is -3.25. The Labute approximate surface area is 155 Å². The number of nitrogens with zero attached hydrogens (tertiary/aromatic N) is 4. The first-order valence-electron chi connectivity index (χ1n) is 9.01. The maximum absolute atomic E-state index is 11.4. The van der Waals surface area contributed by atoms with Crippen molar-refractivity contribution >= 4 is 15.7 Å². The maximum Gasteiger partial charge on any atom is 0.229 e. The lowest BCUT2D eigenvalue weighted by Crippen LogP contribution is -2.32. The van der Waals surface area contributed by atoms with Crippen LogP contribution in [-0.2, 0) is 16.6 Å². The number of anilines is 1. The Hall–Kier alpha value is -1.93. The molecule has 1 saturated heterocycles. The zero-order valence-electron chi connectivity index (χ0n) is 15.6. The summed E-state index contributed by atoms with van der Waals surface area (Å²) in [7, 11) is -3.25. The largest absolute Gasteiger partial charge is 0.297 e. The minimum Gasteiger partial charge on any atom is -0.297 e.